The van der Waals surface area contributed by atoms with E-state index in [2.05, 4.69) is 0 Å². The van der Waals surface area contributed by atoms with Crippen LogP contribution >= 0.6 is 11.6 Å². The SMILES string of the molecule is CC(c1ccccc1)N(C(=O)c1ccc(Cl)c([N+](=O)[O-])c1)C1CC(=O)N(c2ccc(F)cc2)C1=O. The molecule has 0 bridgehead atoms. The number of nitro groups is 1. The third-order valence-corrected chi connectivity index (χ3v) is 6.19. The molecule has 1 aliphatic rings. The molecule has 1 fully saturated rings. The smallest absolute Gasteiger partial charge is 0.288 e. The van der Waals surface area contributed by atoms with E-state index in [0.717, 1.165) is 23.1 Å². The topological polar surface area (TPSA) is 101 Å². The first-order valence-corrected chi connectivity index (χ1v) is 11.0. The first kappa shape index (κ1) is 24.0. The molecule has 0 spiro atoms. The molecular formula is C25H19ClFN3O5. The summed E-state index contributed by atoms with van der Waals surface area (Å²) < 4.78 is 13.4. The molecule has 0 N–H and O–H groups in total. The fourth-order valence-electron chi connectivity index (χ4n) is 4.11. The van der Waals surface area contributed by atoms with Crippen LogP contribution in [-0.4, -0.2) is 33.6 Å². The van der Waals surface area contributed by atoms with Gasteiger partial charge in [0.15, 0.2) is 0 Å². The van der Waals surface area contributed by atoms with Crippen LogP contribution in [0, 0.1) is 15.9 Å². The highest BCUT2D eigenvalue weighted by molar-refractivity contribution is 6.32. The van der Waals surface area contributed by atoms with E-state index in [-0.39, 0.29) is 22.7 Å². The minimum Gasteiger partial charge on any atom is -0.319 e. The average molecular weight is 496 g/mol. The van der Waals surface area contributed by atoms with E-state index >= 15 is 0 Å². The molecule has 4 rings (SSSR count). The number of anilines is 1. The Balaban J connectivity index is 1.77. The first-order valence-electron chi connectivity index (χ1n) is 10.6. The standard InChI is InChI=1S/C25H19ClFN3O5/c1-15(16-5-3-2-4-6-16)28(24(32)17-7-12-20(26)21(13-17)30(34)35)22-14-23(31)29(25(22)33)19-10-8-18(27)9-11-19/h2-13,15,22H,14H2,1H3. The maximum absolute atomic E-state index is 13.7. The van der Waals surface area contributed by atoms with Crippen molar-refractivity contribution in [2.24, 2.45) is 0 Å². The van der Waals surface area contributed by atoms with Crippen LogP contribution in [0.1, 0.15) is 35.3 Å². The summed E-state index contributed by atoms with van der Waals surface area (Å²) in [6, 6.07) is 15.6. The maximum Gasteiger partial charge on any atom is 0.288 e. The molecule has 3 aromatic rings. The quantitative estimate of drug-likeness (QED) is 0.274. The molecule has 3 amide bonds. The molecule has 0 saturated carbocycles. The van der Waals surface area contributed by atoms with Crippen LogP contribution in [-0.2, 0) is 9.59 Å². The summed E-state index contributed by atoms with van der Waals surface area (Å²) in [6.07, 6.45) is -0.297. The molecule has 1 aliphatic heterocycles. The van der Waals surface area contributed by atoms with Crippen molar-refractivity contribution in [1.82, 2.24) is 4.90 Å². The van der Waals surface area contributed by atoms with Gasteiger partial charge in [-0.1, -0.05) is 41.9 Å². The summed E-state index contributed by atoms with van der Waals surface area (Å²) in [6.45, 7) is 1.70. The molecule has 0 aromatic heterocycles. The Hall–Kier alpha value is -4.11. The minimum absolute atomic E-state index is 0.0515. The van der Waals surface area contributed by atoms with Crippen LogP contribution in [0.3, 0.4) is 0 Å². The predicted octanol–water partition coefficient (Wildman–Crippen LogP) is 4.92. The molecule has 1 saturated heterocycles. The molecular weight excluding hydrogens is 477 g/mol. The zero-order valence-corrected chi connectivity index (χ0v) is 19.2. The monoisotopic (exact) mass is 495 g/mol. The van der Waals surface area contributed by atoms with E-state index in [1.165, 1.54) is 29.2 Å². The lowest BCUT2D eigenvalue weighted by atomic mass is 10.0. The number of rotatable bonds is 6. The van der Waals surface area contributed by atoms with E-state index < -0.39 is 46.2 Å². The van der Waals surface area contributed by atoms with Gasteiger partial charge in [-0.3, -0.25) is 24.5 Å². The highest BCUT2D eigenvalue weighted by atomic mass is 35.5. The van der Waals surface area contributed by atoms with Crippen molar-refractivity contribution in [2.75, 3.05) is 4.90 Å². The molecule has 0 aliphatic carbocycles. The summed E-state index contributed by atoms with van der Waals surface area (Å²) in [5, 5.41) is 11.2. The molecule has 3 aromatic carbocycles. The number of carbonyl (C=O) groups excluding carboxylic acids is 3. The fourth-order valence-corrected chi connectivity index (χ4v) is 4.30. The number of imide groups is 1. The number of nitro benzene ring substituents is 1. The van der Waals surface area contributed by atoms with Crippen molar-refractivity contribution < 1.29 is 23.7 Å². The minimum atomic E-state index is -1.18. The number of benzene rings is 3. The van der Waals surface area contributed by atoms with Crippen LogP contribution in [0.15, 0.2) is 72.8 Å². The Bertz CT molecular complexity index is 1320. The second kappa shape index (κ2) is 9.63. The molecule has 2 atom stereocenters. The third kappa shape index (κ3) is 4.63. The second-order valence-corrected chi connectivity index (χ2v) is 8.39. The zero-order valence-electron chi connectivity index (χ0n) is 18.4. The number of nitrogens with zero attached hydrogens (tertiary/aromatic N) is 3. The maximum atomic E-state index is 13.7. The Morgan fingerprint density at radius 1 is 1.11 bits per heavy atom. The van der Waals surface area contributed by atoms with Crippen molar-refractivity contribution in [3.8, 4) is 0 Å². The molecule has 0 radical (unpaired) electrons. The summed E-state index contributed by atoms with van der Waals surface area (Å²) >= 11 is 5.90. The zero-order chi connectivity index (χ0) is 25.3. The van der Waals surface area contributed by atoms with Gasteiger partial charge in [0.2, 0.25) is 5.91 Å². The molecule has 178 valence electrons. The normalized spacial score (nSPS) is 16.3. The van der Waals surface area contributed by atoms with Crippen molar-refractivity contribution in [1.29, 1.82) is 0 Å². The summed E-state index contributed by atoms with van der Waals surface area (Å²) in [7, 11) is 0. The van der Waals surface area contributed by atoms with Crippen LogP contribution in [0.5, 0.6) is 0 Å². The van der Waals surface area contributed by atoms with Gasteiger partial charge < -0.3 is 4.90 Å². The van der Waals surface area contributed by atoms with Gasteiger partial charge >= 0.3 is 0 Å². The fraction of sp³-hybridized carbons (Fsp3) is 0.160. The molecule has 1 heterocycles. The van der Waals surface area contributed by atoms with Crippen LogP contribution in [0.4, 0.5) is 15.8 Å². The third-order valence-electron chi connectivity index (χ3n) is 5.87. The average Bonchev–Trinajstić information content (AvgIpc) is 3.13. The lowest BCUT2D eigenvalue weighted by Crippen LogP contribution is -2.46. The van der Waals surface area contributed by atoms with Crippen molar-refractivity contribution >= 4 is 40.7 Å². The summed E-state index contributed by atoms with van der Waals surface area (Å²) in [5.41, 5.74) is 0.381. The van der Waals surface area contributed by atoms with Crippen LogP contribution < -0.4 is 4.90 Å². The number of carbonyl (C=O) groups is 3. The van der Waals surface area contributed by atoms with Crippen molar-refractivity contribution in [2.45, 2.75) is 25.4 Å². The molecule has 8 nitrogen and oxygen atoms in total. The summed E-state index contributed by atoms with van der Waals surface area (Å²) in [4.78, 5) is 52.8. The van der Waals surface area contributed by atoms with Gasteiger partial charge in [-0.2, -0.15) is 0 Å². The van der Waals surface area contributed by atoms with Gasteiger partial charge in [0, 0.05) is 11.6 Å². The van der Waals surface area contributed by atoms with Gasteiger partial charge in [-0.25, -0.2) is 9.29 Å². The highest BCUT2D eigenvalue weighted by Gasteiger charge is 2.46. The number of hydrogen-bond donors (Lipinski definition) is 0. The summed E-state index contributed by atoms with van der Waals surface area (Å²) in [5.74, 6) is -2.40. The largest absolute Gasteiger partial charge is 0.319 e. The van der Waals surface area contributed by atoms with Crippen molar-refractivity contribution in [3.05, 3.63) is 105 Å². The Labute approximate surface area is 204 Å². The Kier molecular flexibility index (Phi) is 6.61. The van der Waals surface area contributed by atoms with Crippen molar-refractivity contribution in [3.63, 3.8) is 0 Å². The van der Waals surface area contributed by atoms with Crippen LogP contribution in [0.2, 0.25) is 5.02 Å². The predicted molar refractivity (Wildman–Crippen MR) is 126 cm³/mol. The first-order chi connectivity index (χ1) is 16.7. The van der Waals surface area contributed by atoms with E-state index in [0.29, 0.717) is 5.56 Å². The van der Waals surface area contributed by atoms with Gasteiger partial charge in [0.25, 0.3) is 17.5 Å². The molecule has 10 heteroatoms. The Morgan fingerprint density at radius 2 is 1.77 bits per heavy atom. The van der Waals surface area contributed by atoms with Gasteiger partial charge in [0.1, 0.15) is 16.9 Å². The van der Waals surface area contributed by atoms with E-state index in [4.69, 9.17) is 11.6 Å². The van der Waals surface area contributed by atoms with E-state index in [1.807, 2.05) is 0 Å². The van der Waals surface area contributed by atoms with Gasteiger partial charge in [-0.05, 0) is 48.9 Å². The number of halogens is 2. The molecule has 2 unspecified atom stereocenters. The lowest BCUT2D eigenvalue weighted by Gasteiger charge is -2.33. The van der Waals surface area contributed by atoms with Crippen LogP contribution in [0.25, 0.3) is 0 Å². The second-order valence-electron chi connectivity index (χ2n) is 7.99. The number of amides is 3. The lowest BCUT2D eigenvalue weighted by molar-refractivity contribution is -0.384. The van der Waals surface area contributed by atoms with E-state index in [9.17, 15) is 28.9 Å². The van der Waals surface area contributed by atoms with Gasteiger partial charge in [-0.15, -0.1) is 0 Å². The number of hydrogen-bond acceptors (Lipinski definition) is 5. The molecule has 35 heavy (non-hydrogen) atoms. The van der Waals surface area contributed by atoms with Gasteiger partial charge in [0.05, 0.1) is 23.1 Å². The highest BCUT2D eigenvalue weighted by Crippen LogP contribution is 2.34. The van der Waals surface area contributed by atoms with E-state index in [1.54, 1.807) is 37.3 Å². The Morgan fingerprint density at radius 3 is 2.40 bits per heavy atom.